The summed E-state index contributed by atoms with van der Waals surface area (Å²) in [7, 11) is 1.36. The summed E-state index contributed by atoms with van der Waals surface area (Å²) in [5.74, 6) is 0. The predicted octanol–water partition coefficient (Wildman–Crippen LogP) is -3.25. The van der Waals surface area contributed by atoms with Gasteiger partial charge in [-0.15, -0.1) is 0 Å². The fourth-order valence-electron chi connectivity index (χ4n) is 3.50. The largest absolute Gasteiger partial charge is 0.396 e. The fourth-order valence-corrected chi connectivity index (χ4v) is 3.50. The van der Waals surface area contributed by atoms with Crippen molar-refractivity contribution in [3.63, 3.8) is 0 Å². The third-order valence-corrected chi connectivity index (χ3v) is 5.24. The van der Waals surface area contributed by atoms with Crippen molar-refractivity contribution in [2.24, 2.45) is 0 Å². The monoisotopic (exact) mass is 456 g/mol. The van der Waals surface area contributed by atoms with E-state index >= 15 is 0 Å². The summed E-state index contributed by atoms with van der Waals surface area (Å²) in [6, 6.07) is 0. The van der Waals surface area contributed by atoms with Gasteiger partial charge in [-0.2, -0.15) is 0 Å². The van der Waals surface area contributed by atoms with Crippen LogP contribution < -0.4 is 0 Å². The fraction of sp³-hybridized carbons (Fsp3) is 1.00. The van der Waals surface area contributed by atoms with Gasteiger partial charge in [0.2, 0.25) is 0 Å². The molecule has 9 unspecified atom stereocenters. The molecule has 2 aliphatic heterocycles. The van der Waals surface area contributed by atoms with Gasteiger partial charge in [0.05, 0.1) is 19.8 Å². The Kier molecular flexibility index (Phi) is 12.0. The van der Waals surface area contributed by atoms with Crippen LogP contribution in [0, 0.1) is 0 Å². The van der Waals surface area contributed by atoms with E-state index in [2.05, 4.69) is 0 Å². The van der Waals surface area contributed by atoms with Crippen LogP contribution in [0.5, 0.6) is 0 Å². The number of hydrogen-bond acceptors (Lipinski definition) is 12. The van der Waals surface area contributed by atoms with E-state index in [4.69, 9.17) is 38.6 Å². The van der Waals surface area contributed by atoms with Crippen LogP contribution in [0.2, 0.25) is 0 Å². The normalized spacial score (nSPS) is 39.0. The summed E-state index contributed by atoms with van der Waals surface area (Å²) >= 11 is 0. The maximum atomic E-state index is 10.5. The molecule has 0 spiro atoms. The van der Waals surface area contributed by atoms with Gasteiger partial charge in [-0.05, 0) is 12.8 Å². The molecule has 0 bridgehead atoms. The standard InChI is InChI=1S/C19H36O12/c1-26-17-13(10-28-7-3-5-21)30-19(16(25)15(17)24)31-18-12(9-27-6-2-4-20)29-8-11(22)14(18)23/h11-25H,2-10H2,1H3. The topological polar surface area (TPSA) is 177 Å². The zero-order chi connectivity index (χ0) is 22.8. The van der Waals surface area contributed by atoms with Crippen molar-refractivity contribution in [1.29, 1.82) is 0 Å². The lowest BCUT2D eigenvalue weighted by Gasteiger charge is -2.45. The minimum atomic E-state index is -1.50. The Morgan fingerprint density at radius 3 is 2.00 bits per heavy atom. The molecule has 0 radical (unpaired) electrons. The van der Waals surface area contributed by atoms with Gasteiger partial charge in [-0.1, -0.05) is 0 Å². The number of methoxy groups -OCH3 is 1. The van der Waals surface area contributed by atoms with Crippen LogP contribution in [-0.2, 0) is 28.4 Å². The lowest BCUT2D eigenvalue weighted by molar-refractivity contribution is -0.340. The highest BCUT2D eigenvalue weighted by Crippen LogP contribution is 2.28. The summed E-state index contributed by atoms with van der Waals surface area (Å²) in [5.41, 5.74) is 0. The number of hydrogen-bond donors (Lipinski definition) is 6. The van der Waals surface area contributed by atoms with E-state index < -0.39 is 55.1 Å². The molecule has 31 heavy (non-hydrogen) atoms. The average Bonchev–Trinajstić information content (AvgIpc) is 2.76. The summed E-state index contributed by atoms with van der Waals surface area (Å²) in [5, 5.41) is 59.1. The third-order valence-electron chi connectivity index (χ3n) is 5.24. The molecule has 9 atom stereocenters. The molecule has 2 heterocycles. The maximum Gasteiger partial charge on any atom is 0.187 e. The Morgan fingerprint density at radius 2 is 1.42 bits per heavy atom. The van der Waals surface area contributed by atoms with Crippen LogP contribution in [0.3, 0.4) is 0 Å². The van der Waals surface area contributed by atoms with Crippen molar-refractivity contribution in [3.8, 4) is 0 Å². The van der Waals surface area contributed by atoms with E-state index in [1.165, 1.54) is 7.11 Å². The van der Waals surface area contributed by atoms with Gasteiger partial charge < -0.3 is 59.1 Å². The molecule has 2 rings (SSSR count). The molecular formula is C19H36O12. The highest BCUT2D eigenvalue weighted by atomic mass is 16.7. The summed E-state index contributed by atoms with van der Waals surface area (Å²) in [6.45, 7) is 0.387. The molecule has 12 heteroatoms. The van der Waals surface area contributed by atoms with Crippen LogP contribution in [-0.4, -0.2) is 139 Å². The van der Waals surface area contributed by atoms with Crippen molar-refractivity contribution >= 4 is 0 Å². The first-order valence-electron chi connectivity index (χ1n) is 10.5. The minimum absolute atomic E-state index is 0.0161. The molecule has 6 N–H and O–H groups in total. The predicted molar refractivity (Wildman–Crippen MR) is 103 cm³/mol. The summed E-state index contributed by atoms with van der Waals surface area (Å²) in [4.78, 5) is 0. The Labute approximate surface area is 181 Å². The number of rotatable bonds is 13. The second-order valence-corrected chi connectivity index (χ2v) is 7.56. The van der Waals surface area contributed by atoms with Gasteiger partial charge in [-0.3, -0.25) is 0 Å². The first kappa shape index (κ1) is 26.8. The van der Waals surface area contributed by atoms with Crippen LogP contribution >= 0.6 is 0 Å². The molecular weight excluding hydrogens is 420 g/mol. The lowest BCUT2D eigenvalue weighted by atomic mass is 9.97. The maximum absolute atomic E-state index is 10.5. The number of aliphatic hydroxyl groups excluding tert-OH is 6. The minimum Gasteiger partial charge on any atom is -0.396 e. The SMILES string of the molecule is COC1C(COCCCO)OC(OC2C(COCCCO)OCC(O)C2O)C(O)C1O. The zero-order valence-corrected chi connectivity index (χ0v) is 17.7. The van der Waals surface area contributed by atoms with Crippen LogP contribution in [0.1, 0.15) is 12.8 Å². The van der Waals surface area contributed by atoms with Crippen molar-refractivity contribution in [1.82, 2.24) is 0 Å². The van der Waals surface area contributed by atoms with E-state index in [0.717, 1.165) is 0 Å². The highest BCUT2D eigenvalue weighted by Gasteiger charge is 2.49. The van der Waals surface area contributed by atoms with Crippen molar-refractivity contribution < 1.29 is 59.1 Å². The first-order chi connectivity index (χ1) is 14.9. The molecule has 2 saturated heterocycles. The molecule has 0 saturated carbocycles. The Bertz CT molecular complexity index is 483. The lowest BCUT2D eigenvalue weighted by Crippen LogP contribution is -2.63. The van der Waals surface area contributed by atoms with E-state index in [9.17, 15) is 20.4 Å². The number of ether oxygens (including phenoxy) is 6. The van der Waals surface area contributed by atoms with Gasteiger partial charge >= 0.3 is 0 Å². The molecule has 2 aliphatic rings. The van der Waals surface area contributed by atoms with E-state index in [1.807, 2.05) is 0 Å². The van der Waals surface area contributed by atoms with Gasteiger partial charge in [0.25, 0.3) is 0 Å². The van der Waals surface area contributed by atoms with Gasteiger partial charge in [-0.25, -0.2) is 0 Å². The van der Waals surface area contributed by atoms with Crippen LogP contribution in [0.15, 0.2) is 0 Å². The van der Waals surface area contributed by atoms with E-state index in [0.29, 0.717) is 12.8 Å². The van der Waals surface area contributed by atoms with Crippen molar-refractivity contribution in [3.05, 3.63) is 0 Å². The summed E-state index contributed by atoms with van der Waals surface area (Å²) in [6.07, 6.45) is -9.49. The quantitative estimate of drug-likeness (QED) is 0.153. The van der Waals surface area contributed by atoms with Crippen molar-refractivity contribution in [2.75, 3.05) is 53.4 Å². The molecule has 0 aliphatic carbocycles. The highest BCUT2D eigenvalue weighted by molar-refractivity contribution is 4.93. The van der Waals surface area contributed by atoms with Gasteiger partial charge in [0.1, 0.15) is 48.8 Å². The second-order valence-electron chi connectivity index (χ2n) is 7.56. The average molecular weight is 456 g/mol. The molecule has 2 fully saturated rings. The summed E-state index contributed by atoms with van der Waals surface area (Å²) < 4.78 is 33.2. The smallest absolute Gasteiger partial charge is 0.187 e. The van der Waals surface area contributed by atoms with Crippen molar-refractivity contribution in [2.45, 2.75) is 68.0 Å². The molecule has 12 nitrogen and oxygen atoms in total. The van der Waals surface area contributed by atoms with Crippen LogP contribution in [0.25, 0.3) is 0 Å². The number of aliphatic hydroxyl groups is 6. The third kappa shape index (κ3) is 7.52. The Hall–Kier alpha value is -0.480. The Morgan fingerprint density at radius 1 is 0.806 bits per heavy atom. The second kappa shape index (κ2) is 13.9. The molecule has 0 aromatic carbocycles. The molecule has 184 valence electrons. The molecule has 0 aromatic rings. The molecule has 0 aromatic heterocycles. The first-order valence-corrected chi connectivity index (χ1v) is 10.5. The van der Waals surface area contributed by atoms with Gasteiger partial charge in [0.15, 0.2) is 6.29 Å². The zero-order valence-electron chi connectivity index (χ0n) is 17.7. The van der Waals surface area contributed by atoms with E-state index in [-0.39, 0.29) is 46.2 Å². The van der Waals surface area contributed by atoms with Crippen LogP contribution in [0.4, 0.5) is 0 Å². The Balaban J connectivity index is 2.04. The molecule has 0 amide bonds. The van der Waals surface area contributed by atoms with E-state index in [1.54, 1.807) is 0 Å². The van der Waals surface area contributed by atoms with Gasteiger partial charge in [0, 0.05) is 33.5 Å².